The topological polar surface area (TPSA) is 29.9 Å². The second-order valence-corrected chi connectivity index (χ2v) is 6.95. The smallest absolute Gasteiger partial charge is 0.0847 e. The quantitative estimate of drug-likeness (QED) is 0.817. The summed E-state index contributed by atoms with van der Waals surface area (Å²) in [6, 6.07) is 0.499. The van der Waals surface area contributed by atoms with Gasteiger partial charge in [0.05, 0.1) is 16.4 Å². The Kier molecular flexibility index (Phi) is 6.53. The van der Waals surface area contributed by atoms with E-state index in [-0.39, 0.29) is 5.41 Å². The van der Waals surface area contributed by atoms with Crippen molar-refractivity contribution in [3.63, 3.8) is 0 Å². The van der Waals surface area contributed by atoms with E-state index in [0.29, 0.717) is 6.04 Å². The number of aromatic nitrogens is 2. The van der Waals surface area contributed by atoms with Gasteiger partial charge in [0.2, 0.25) is 0 Å². The molecule has 1 unspecified atom stereocenters. The summed E-state index contributed by atoms with van der Waals surface area (Å²) in [5.74, 6) is 0. The highest BCUT2D eigenvalue weighted by molar-refractivity contribution is 6.31. The van der Waals surface area contributed by atoms with Crippen LogP contribution in [-0.4, -0.2) is 22.4 Å². The molecule has 1 rings (SSSR count). The third-order valence-electron chi connectivity index (χ3n) is 3.81. The predicted molar refractivity (Wildman–Crippen MR) is 87.5 cm³/mol. The highest BCUT2D eigenvalue weighted by Crippen LogP contribution is 2.26. The molecule has 0 radical (unpaired) electrons. The first kappa shape index (κ1) is 17.5. The van der Waals surface area contributed by atoms with Crippen molar-refractivity contribution in [1.29, 1.82) is 0 Å². The van der Waals surface area contributed by atoms with Crippen molar-refractivity contribution in [3.05, 3.63) is 16.4 Å². The molecular weight excluding hydrogens is 270 g/mol. The largest absolute Gasteiger partial charge is 0.313 e. The van der Waals surface area contributed by atoms with Crippen molar-refractivity contribution < 1.29 is 0 Å². The maximum atomic E-state index is 6.39. The second kappa shape index (κ2) is 7.46. The van der Waals surface area contributed by atoms with Crippen molar-refractivity contribution in [2.45, 2.75) is 73.4 Å². The van der Waals surface area contributed by atoms with Crippen molar-refractivity contribution >= 4 is 11.6 Å². The molecule has 0 fully saturated rings. The van der Waals surface area contributed by atoms with Gasteiger partial charge >= 0.3 is 0 Å². The molecule has 1 N–H and O–H groups in total. The summed E-state index contributed by atoms with van der Waals surface area (Å²) in [4.78, 5) is 0. The number of rotatable bonds is 7. The minimum Gasteiger partial charge on any atom is -0.313 e. The van der Waals surface area contributed by atoms with Crippen LogP contribution < -0.4 is 5.32 Å². The van der Waals surface area contributed by atoms with Crippen LogP contribution in [0.2, 0.25) is 5.02 Å². The first-order chi connectivity index (χ1) is 9.31. The van der Waals surface area contributed by atoms with Gasteiger partial charge in [-0.15, -0.1) is 0 Å². The van der Waals surface area contributed by atoms with Gasteiger partial charge in [0.15, 0.2) is 0 Å². The number of hydrogen-bond donors (Lipinski definition) is 1. The molecule has 3 nitrogen and oxygen atoms in total. The average Bonchev–Trinajstić information content (AvgIpc) is 2.64. The molecule has 0 aliphatic heterocycles. The van der Waals surface area contributed by atoms with Crippen molar-refractivity contribution in [2.24, 2.45) is 5.41 Å². The van der Waals surface area contributed by atoms with Gasteiger partial charge in [0.1, 0.15) is 0 Å². The summed E-state index contributed by atoms with van der Waals surface area (Å²) in [5, 5.41) is 9.01. The molecule has 0 bridgehead atoms. The van der Waals surface area contributed by atoms with E-state index >= 15 is 0 Å². The zero-order valence-electron chi connectivity index (χ0n) is 13.9. The highest BCUT2D eigenvalue weighted by atomic mass is 35.5. The Labute approximate surface area is 129 Å². The van der Waals surface area contributed by atoms with Crippen molar-refractivity contribution in [3.8, 4) is 0 Å². The molecule has 0 saturated heterocycles. The summed E-state index contributed by atoms with van der Waals surface area (Å²) >= 11 is 6.39. The van der Waals surface area contributed by atoms with E-state index in [9.17, 15) is 0 Å². The SMILES string of the molecule is CCCNC(CCc1c(Cl)c(C)nn1CC)C(C)(C)C. The van der Waals surface area contributed by atoms with E-state index in [2.05, 4.69) is 45.0 Å². The van der Waals surface area contributed by atoms with Gasteiger partial charge in [-0.25, -0.2) is 0 Å². The standard InChI is InChI=1S/C16H30ClN3/c1-7-11-18-14(16(4,5)6)10-9-13-15(17)12(3)19-20(13)8-2/h14,18H,7-11H2,1-6H3. The minimum atomic E-state index is 0.258. The Bertz CT molecular complexity index is 418. The zero-order valence-corrected chi connectivity index (χ0v) is 14.6. The Morgan fingerprint density at radius 1 is 1.30 bits per heavy atom. The van der Waals surface area contributed by atoms with E-state index in [1.165, 1.54) is 12.1 Å². The maximum Gasteiger partial charge on any atom is 0.0847 e. The van der Waals surface area contributed by atoms with E-state index < -0.39 is 0 Å². The summed E-state index contributed by atoms with van der Waals surface area (Å²) < 4.78 is 2.04. The third-order valence-corrected chi connectivity index (χ3v) is 4.30. The molecule has 0 aliphatic rings. The van der Waals surface area contributed by atoms with Gasteiger partial charge < -0.3 is 5.32 Å². The number of nitrogens with zero attached hydrogens (tertiary/aromatic N) is 2. The first-order valence-corrected chi connectivity index (χ1v) is 8.14. The molecule has 0 aliphatic carbocycles. The van der Waals surface area contributed by atoms with Gasteiger partial charge in [-0.2, -0.15) is 5.10 Å². The fraction of sp³-hybridized carbons (Fsp3) is 0.812. The average molecular weight is 300 g/mol. The van der Waals surface area contributed by atoms with Crippen LogP contribution in [0.5, 0.6) is 0 Å². The first-order valence-electron chi connectivity index (χ1n) is 7.76. The van der Waals surface area contributed by atoms with E-state index in [0.717, 1.165) is 36.6 Å². The molecular formula is C16H30ClN3. The number of nitrogens with one attached hydrogen (secondary N) is 1. The summed E-state index contributed by atoms with van der Waals surface area (Å²) in [6.07, 6.45) is 3.24. The molecule has 116 valence electrons. The molecule has 0 amide bonds. The van der Waals surface area contributed by atoms with Crippen LogP contribution >= 0.6 is 11.6 Å². The summed E-state index contributed by atoms with van der Waals surface area (Å²) in [7, 11) is 0. The molecule has 0 spiro atoms. The zero-order chi connectivity index (χ0) is 15.3. The molecule has 1 heterocycles. The number of aryl methyl sites for hydroxylation is 2. The molecule has 1 aromatic rings. The monoisotopic (exact) mass is 299 g/mol. The van der Waals surface area contributed by atoms with Crippen molar-refractivity contribution in [2.75, 3.05) is 6.54 Å². The van der Waals surface area contributed by atoms with Crippen molar-refractivity contribution in [1.82, 2.24) is 15.1 Å². The fourth-order valence-electron chi connectivity index (χ4n) is 2.55. The van der Waals surface area contributed by atoms with Gasteiger partial charge in [0.25, 0.3) is 0 Å². The van der Waals surface area contributed by atoms with E-state index in [1.807, 2.05) is 11.6 Å². The minimum absolute atomic E-state index is 0.258. The lowest BCUT2D eigenvalue weighted by molar-refractivity contribution is 0.254. The Balaban J connectivity index is 2.77. The summed E-state index contributed by atoms with van der Waals surface area (Å²) in [5.41, 5.74) is 2.38. The lowest BCUT2D eigenvalue weighted by Gasteiger charge is -2.32. The Hall–Kier alpha value is -0.540. The molecule has 1 aromatic heterocycles. The number of hydrogen-bond acceptors (Lipinski definition) is 2. The van der Waals surface area contributed by atoms with E-state index in [1.54, 1.807) is 0 Å². The lowest BCUT2D eigenvalue weighted by atomic mass is 9.83. The normalized spacial score (nSPS) is 13.8. The molecule has 4 heteroatoms. The summed E-state index contributed by atoms with van der Waals surface area (Å²) in [6.45, 7) is 15.1. The Morgan fingerprint density at radius 2 is 1.95 bits per heavy atom. The van der Waals surface area contributed by atoms with Crippen LogP contribution in [0.1, 0.15) is 58.8 Å². The lowest BCUT2D eigenvalue weighted by Crippen LogP contribution is -2.41. The third kappa shape index (κ3) is 4.49. The second-order valence-electron chi connectivity index (χ2n) is 6.57. The molecule has 20 heavy (non-hydrogen) atoms. The van der Waals surface area contributed by atoms with Gasteiger partial charge in [-0.3, -0.25) is 4.68 Å². The maximum absolute atomic E-state index is 6.39. The molecule has 0 aromatic carbocycles. The van der Waals surface area contributed by atoms with Gasteiger partial charge in [0, 0.05) is 12.6 Å². The predicted octanol–water partition coefficient (Wildman–Crippen LogP) is 4.21. The molecule has 1 atom stereocenters. The Morgan fingerprint density at radius 3 is 2.45 bits per heavy atom. The van der Waals surface area contributed by atoms with Crippen LogP contribution in [0.3, 0.4) is 0 Å². The van der Waals surface area contributed by atoms with Crippen LogP contribution in [-0.2, 0) is 13.0 Å². The van der Waals surface area contributed by atoms with Crippen LogP contribution in [0.25, 0.3) is 0 Å². The van der Waals surface area contributed by atoms with Gasteiger partial charge in [-0.1, -0.05) is 39.3 Å². The van der Waals surface area contributed by atoms with Crippen LogP contribution in [0.15, 0.2) is 0 Å². The van der Waals surface area contributed by atoms with Crippen LogP contribution in [0, 0.1) is 12.3 Å². The van der Waals surface area contributed by atoms with Gasteiger partial charge in [-0.05, 0) is 45.1 Å². The fourth-order valence-corrected chi connectivity index (χ4v) is 2.78. The highest BCUT2D eigenvalue weighted by Gasteiger charge is 2.24. The van der Waals surface area contributed by atoms with Crippen LogP contribution in [0.4, 0.5) is 0 Å². The number of halogens is 1. The molecule has 0 saturated carbocycles. The van der Waals surface area contributed by atoms with E-state index in [4.69, 9.17) is 11.6 Å².